The number of Topliss-reactive ketones (excluding diaryl/α,β-unsaturated/α-hetero) is 2. The molecule has 2 heteroatoms. The van der Waals surface area contributed by atoms with Gasteiger partial charge in [-0.2, -0.15) is 0 Å². The van der Waals surface area contributed by atoms with Gasteiger partial charge in [0.25, 0.3) is 0 Å². The fourth-order valence-corrected chi connectivity index (χ4v) is 2.44. The average molecular weight is 226 g/mol. The molecule has 1 aromatic carbocycles. The number of fused-ring (bicyclic) bond motifs is 1. The van der Waals surface area contributed by atoms with Crippen molar-refractivity contribution in [3.63, 3.8) is 0 Å². The van der Waals surface area contributed by atoms with Crippen molar-refractivity contribution in [2.24, 2.45) is 5.41 Å². The van der Waals surface area contributed by atoms with E-state index in [1.165, 1.54) is 0 Å². The molecule has 1 aliphatic carbocycles. The smallest absolute Gasteiger partial charge is 0.178 e. The Morgan fingerprint density at radius 1 is 0.941 bits per heavy atom. The largest absolute Gasteiger partial charge is 0.293 e. The molecule has 0 spiro atoms. The van der Waals surface area contributed by atoms with E-state index in [2.05, 4.69) is 13.2 Å². The monoisotopic (exact) mass is 226 g/mol. The highest BCUT2D eigenvalue weighted by Crippen LogP contribution is 2.42. The summed E-state index contributed by atoms with van der Waals surface area (Å²) in [6.45, 7) is 7.29. The maximum atomic E-state index is 12.4. The number of hydrogen-bond donors (Lipinski definition) is 0. The first-order valence-electron chi connectivity index (χ1n) is 5.58. The molecule has 0 bridgehead atoms. The van der Waals surface area contributed by atoms with E-state index < -0.39 is 5.41 Å². The van der Waals surface area contributed by atoms with E-state index in [-0.39, 0.29) is 11.6 Å². The molecule has 0 amide bonds. The van der Waals surface area contributed by atoms with Crippen LogP contribution in [0.1, 0.15) is 33.6 Å². The molecular weight excluding hydrogens is 212 g/mol. The van der Waals surface area contributed by atoms with E-state index in [0.717, 1.165) is 0 Å². The number of allylic oxidation sites excluding steroid dienone is 2. The highest BCUT2D eigenvalue weighted by Gasteiger charge is 2.50. The van der Waals surface area contributed by atoms with Crippen LogP contribution in [0, 0.1) is 5.41 Å². The highest BCUT2D eigenvalue weighted by atomic mass is 16.2. The lowest BCUT2D eigenvalue weighted by atomic mass is 9.76. The molecule has 86 valence electrons. The molecule has 2 nitrogen and oxygen atoms in total. The molecule has 0 heterocycles. The van der Waals surface area contributed by atoms with Gasteiger partial charge in [-0.1, -0.05) is 36.4 Å². The fraction of sp³-hybridized carbons (Fsp3) is 0.200. The molecule has 2 rings (SSSR count). The van der Waals surface area contributed by atoms with Crippen LogP contribution >= 0.6 is 0 Å². The Labute approximate surface area is 101 Å². The summed E-state index contributed by atoms with van der Waals surface area (Å²) >= 11 is 0. The maximum absolute atomic E-state index is 12.4. The molecule has 0 aliphatic heterocycles. The summed E-state index contributed by atoms with van der Waals surface area (Å²) < 4.78 is 0. The summed E-state index contributed by atoms with van der Waals surface area (Å²) in [6.07, 6.45) is 3.99. The summed E-state index contributed by atoms with van der Waals surface area (Å²) in [6, 6.07) is 6.98. The lowest BCUT2D eigenvalue weighted by molar-refractivity contribution is 0.0703. The minimum Gasteiger partial charge on any atom is -0.293 e. The van der Waals surface area contributed by atoms with E-state index in [9.17, 15) is 9.59 Å². The van der Waals surface area contributed by atoms with Gasteiger partial charge in [-0.15, -0.1) is 13.2 Å². The Morgan fingerprint density at radius 3 is 1.71 bits per heavy atom. The van der Waals surface area contributed by atoms with E-state index in [1.54, 1.807) is 36.4 Å². The zero-order valence-corrected chi connectivity index (χ0v) is 9.61. The molecule has 0 saturated heterocycles. The van der Waals surface area contributed by atoms with Crippen molar-refractivity contribution in [2.45, 2.75) is 12.8 Å². The van der Waals surface area contributed by atoms with Crippen LogP contribution in [-0.4, -0.2) is 11.6 Å². The molecule has 0 radical (unpaired) electrons. The van der Waals surface area contributed by atoms with Crippen molar-refractivity contribution < 1.29 is 9.59 Å². The lowest BCUT2D eigenvalue weighted by Gasteiger charge is -2.22. The van der Waals surface area contributed by atoms with Crippen molar-refractivity contribution in [3.05, 3.63) is 60.7 Å². The third-order valence-corrected chi connectivity index (χ3v) is 3.27. The van der Waals surface area contributed by atoms with Crippen LogP contribution in [0.4, 0.5) is 0 Å². The van der Waals surface area contributed by atoms with E-state index in [1.807, 2.05) is 0 Å². The second-order valence-electron chi connectivity index (χ2n) is 4.27. The molecule has 0 atom stereocenters. The van der Waals surface area contributed by atoms with Gasteiger partial charge in [-0.25, -0.2) is 0 Å². The van der Waals surface area contributed by atoms with Crippen molar-refractivity contribution >= 4 is 11.6 Å². The van der Waals surface area contributed by atoms with Gasteiger partial charge in [0.15, 0.2) is 11.6 Å². The van der Waals surface area contributed by atoms with Crippen LogP contribution in [0.25, 0.3) is 0 Å². The molecule has 0 N–H and O–H groups in total. The number of rotatable bonds is 4. The Hall–Kier alpha value is -1.96. The topological polar surface area (TPSA) is 34.1 Å². The Morgan fingerprint density at radius 2 is 1.35 bits per heavy atom. The van der Waals surface area contributed by atoms with Crippen LogP contribution in [0.5, 0.6) is 0 Å². The highest BCUT2D eigenvalue weighted by molar-refractivity contribution is 6.29. The standard InChI is InChI=1S/C15H14O2/c1-3-9-15(10-4-2)13(16)11-7-5-6-8-12(11)14(15)17/h3-8H,1-2,9-10H2. The van der Waals surface area contributed by atoms with Crippen molar-refractivity contribution in [3.8, 4) is 0 Å². The van der Waals surface area contributed by atoms with Crippen LogP contribution in [0.3, 0.4) is 0 Å². The summed E-state index contributed by atoms with van der Waals surface area (Å²) in [5.41, 5.74) is 0.0649. The molecule has 0 fully saturated rings. The average Bonchev–Trinajstić information content (AvgIpc) is 2.54. The van der Waals surface area contributed by atoms with Gasteiger partial charge >= 0.3 is 0 Å². The second-order valence-corrected chi connectivity index (χ2v) is 4.27. The van der Waals surface area contributed by atoms with E-state index >= 15 is 0 Å². The number of benzene rings is 1. The predicted molar refractivity (Wildman–Crippen MR) is 67.2 cm³/mol. The Kier molecular flexibility index (Phi) is 2.80. The Balaban J connectivity index is 2.59. The minimum absolute atomic E-state index is 0.0992. The normalized spacial score (nSPS) is 16.7. The summed E-state index contributed by atoms with van der Waals surface area (Å²) in [5.74, 6) is -0.198. The first-order valence-corrected chi connectivity index (χ1v) is 5.58. The van der Waals surface area contributed by atoms with E-state index in [0.29, 0.717) is 24.0 Å². The number of hydrogen-bond acceptors (Lipinski definition) is 2. The number of ketones is 2. The van der Waals surface area contributed by atoms with Gasteiger partial charge in [-0.05, 0) is 12.8 Å². The van der Waals surface area contributed by atoms with Crippen LogP contribution in [-0.2, 0) is 0 Å². The first kappa shape index (κ1) is 11.5. The van der Waals surface area contributed by atoms with Gasteiger partial charge in [0.2, 0.25) is 0 Å². The fourth-order valence-electron chi connectivity index (χ4n) is 2.44. The lowest BCUT2D eigenvalue weighted by Crippen LogP contribution is -2.32. The molecule has 0 saturated carbocycles. The SMILES string of the molecule is C=CCC1(CC=C)C(=O)c2ccccc2C1=O. The molecule has 0 aromatic heterocycles. The quantitative estimate of drug-likeness (QED) is 0.583. The molecule has 1 aromatic rings. The molecule has 1 aliphatic rings. The first-order chi connectivity index (χ1) is 8.17. The summed E-state index contributed by atoms with van der Waals surface area (Å²) in [5, 5.41) is 0. The van der Waals surface area contributed by atoms with Gasteiger partial charge in [0, 0.05) is 11.1 Å². The summed E-state index contributed by atoms with van der Waals surface area (Å²) in [4.78, 5) is 24.8. The van der Waals surface area contributed by atoms with E-state index in [4.69, 9.17) is 0 Å². The molecule has 17 heavy (non-hydrogen) atoms. The number of carbonyl (C=O) groups excluding carboxylic acids is 2. The molecular formula is C15H14O2. The zero-order chi connectivity index (χ0) is 12.5. The maximum Gasteiger partial charge on any atom is 0.178 e. The summed E-state index contributed by atoms with van der Waals surface area (Å²) in [7, 11) is 0. The minimum atomic E-state index is -0.993. The van der Waals surface area contributed by atoms with Gasteiger partial charge in [-0.3, -0.25) is 9.59 Å². The van der Waals surface area contributed by atoms with Crippen LogP contribution < -0.4 is 0 Å². The van der Waals surface area contributed by atoms with Crippen molar-refractivity contribution in [1.29, 1.82) is 0 Å². The van der Waals surface area contributed by atoms with Gasteiger partial charge < -0.3 is 0 Å². The third-order valence-electron chi connectivity index (χ3n) is 3.27. The zero-order valence-electron chi connectivity index (χ0n) is 9.61. The molecule has 0 unspecified atom stereocenters. The van der Waals surface area contributed by atoms with Crippen LogP contribution in [0.15, 0.2) is 49.6 Å². The second kappa shape index (κ2) is 4.13. The predicted octanol–water partition coefficient (Wildman–Crippen LogP) is 3.20. The third kappa shape index (κ3) is 1.48. The number of carbonyl (C=O) groups is 2. The Bertz CT molecular complexity index is 464. The van der Waals surface area contributed by atoms with Crippen molar-refractivity contribution in [2.75, 3.05) is 0 Å². The van der Waals surface area contributed by atoms with Gasteiger partial charge in [0.05, 0.1) is 0 Å². The van der Waals surface area contributed by atoms with Crippen molar-refractivity contribution in [1.82, 2.24) is 0 Å². The van der Waals surface area contributed by atoms with Gasteiger partial charge in [0.1, 0.15) is 5.41 Å². The van der Waals surface area contributed by atoms with Crippen LogP contribution in [0.2, 0.25) is 0 Å².